The molecule has 9 heavy (non-hydrogen) atoms. The van der Waals surface area contributed by atoms with Crippen molar-refractivity contribution in [3.8, 4) is 0 Å². The lowest BCUT2D eigenvalue weighted by Crippen LogP contribution is -2.24. The van der Waals surface area contributed by atoms with E-state index in [0.717, 1.165) is 5.03 Å². The van der Waals surface area contributed by atoms with Gasteiger partial charge < -0.3 is 5.32 Å². The quantitative estimate of drug-likeness (QED) is 0.489. The molecule has 0 fully saturated rings. The van der Waals surface area contributed by atoms with Crippen LogP contribution in [0.25, 0.3) is 0 Å². The lowest BCUT2D eigenvalue weighted by Gasteiger charge is -2.16. The third kappa shape index (κ3) is 1.52. The highest BCUT2D eigenvalue weighted by Gasteiger charge is 2.03. The maximum Gasteiger partial charge on any atom is 0.0684 e. The number of hydrogen-bond donors (Lipinski definition) is 2. The molecular weight excluding hydrogens is 130 g/mol. The van der Waals surface area contributed by atoms with Gasteiger partial charge in [-0.1, -0.05) is 12.2 Å². The Hall–Kier alpha value is -0.370. The van der Waals surface area contributed by atoms with Gasteiger partial charge in [0.1, 0.15) is 0 Å². The second kappa shape index (κ2) is 2.48. The van der Waals surface area contributed by atoms with Crippen LogP contribution in [0.5, 0.6) is 0 Å². The van der Waals surface area contributed by atoms with E-state index in [1.807, 2.05) is 6.92 Å². The Kier molecular flexibility index (Phi) is 1.86. The van der Waals surface area contributed by atoms with E-state index in [9.17, 15) is 0 Å². The van der Waals surface area contributed by atoms with E-state index >= 15 is 0 Å². The highest BCUT2D eigenvalue weighted by atomic mass is 32.1. The predicted octanol–water partition coefficient (Wildman–Crippen LogP) is 1.70. The average Bonchev–Trinajstić information content (AvgIpc) is 1.80. The molecule has 0 bridgehead atoms. The van der Waals surface area contributed by atoms with Crippen molar-refractivity contribution in [2.45, 2.75) is 19.9 Å². The van der Waals surface area contributed by atoms with Gasteiger partial charge in [0.25, 0.3) is 0 Å². The number of allylic oxidation sites excluding steroid dienone is 2. The molecule has 0 aliphatic carbocycles. The van der Waals surface area contributed by atoms with Gasteiger partial charge in [-0.15, -0.1) is 12.6 Å². The summed E-state index contributed by atoms with van der Waals surface area (Å²) in [5.74, 6) is 0. The van der Waals surface area contributed by atoms with Crippen LogP contribution in [0, 0.1) is 0 Å². The normalized spacial score (nSPS) is 26.3. The number of hydrogen-bond acceptors (Lipinski definition) is 2. The number of nitrogens with one attached hydrogen (secondary N) is 1. The van der Waals surface area contributed by atoms with E-state index in [4.69, 9.17) is 0 Å². The van der Waals surface area contributed by atoms with Gasteiger partial charge in [-0.05, 0) is 19.4 Å². The summed E-state index contributed by atoms with van der Waals surface area (Å²) in [6.07, 6.45) is 4.21. The van der Waals surface area contributed by atoms with Gasteiger partial charge in [0.15, 0.2) is 0 Å². The third-order valence-corrected chi connectivity index (χ3v) is 1.85. The Morgan fingerprint density at radius 1 is 1.67 bits per heavy atom. The second-order valence-corrected chi connectivity index (χ2v) is 2.77. The Bertz CT molecular complexity index is 170. The first-order valence-electron chi connectivity index (χ1n) is 3.04. The summed E-state index contributed by atoms with van der Waals surface area (Å²) in [5, 5.41) is 4.18. The van der Waals surface area contributed by atoms with E-state index in [-0.39, 0.29) is 0 Å². The molecule has 1 N–H and O–H groups in total. The molecule has 0 aromatic carbocycles. The SMILES string of the molecule is CC1=C(S)NC(C)C=C1. The minimum Gasteiger partial charge on any atom is -0.374 e. The Balaban J connectivity index is 2.75. The van der Waals surface area contributed by atoms with Crippen LogP contribution in [-0.4, -0.2) is 6.04 Å². The molecule has 1 nitrogen and oxygen atoms in total. The van der Waals surface area contributed by atoms with Crippen LogP contribution in [0.15, 0.2) is 22.8 Å². The van der Waals surface area contributed by atoms with Crippen LogP contribution in [-0.2, 0) is 0 Å². The van der Waals surface area contributed by atoms with Crippen molar-refractivity contribution in [1.82, 2.24) is 5.32 Å². The van der Waals surface area contributed by atoms with E-state index < -0.39 is 0 Å². The van der Waals surface area contributed by atoms with Crippen molar-refractivity contribution < 1.29 is 0 Å². The summed E-state index contributed by atoms with van der Waals surface area (Å²) in [6.45, 7) is 4.14. The summed E-state index contributed by atoms with van der Waals surface area (Å²) < 4.78 is 0. The lowest BCUT2D eigenvalue weighted by molar-refractivity contribution is 0.744. The van der Waals surface area contributed by atoms with Crippen LogP contribution in [0.1, 0.15) is 13.8 Å². The fourth-order valence-corrected chi connectivity index (χ4v) is 1.02. The zero-order valence-corrected chi connectivity index (χ0v) is 6.57. The minimum atomic E-state index is 0.432. The topological polar surface area (TPSA) is 12.0 Å². The molecule has 0 radical (unpaired) electrons. The van der Waals surface area contributed by atoms with Crippen LogP contribution in [0.4, 0.5) is 0 Å². The van der Waals surface area contributed by atoms with Crippen molar-refractivity contribution >= 4 is 12.6 Å². The van der Waals surface area contributed by atoms with Gasteiger partial charge in [0.2, 0.25) is 0 Å². The first-order valence-corrected chi connectivity index (χ1v) is 3.49. The molecule has 0 aromatic rings. The molecule has 1 atom stereocenters. The molecule has 2 heteroatoms. The van der Waals surface area contributed by atoms with Crippen molar-refractivity contribution in [2.24, 2.45) is 0 Å². The first kappa shape index (κ1) is 6.75. The molecule has 1 aliphatic rings. The third-order valence-electron chi connectivity index (χ3n) is 1.37. The highest BCUT2D eigenvalue weighted by molar-refractivity contribution is 7.84. The molecule has 0 saturated heterocycles. The van der Waals surface area contributed by atoms with Crippen molar-refractivity contribution in [3.05, 3.63) is 22.8 Å². The average molecular weight is 141 g/mol. The van der Waals surface area contributed by atoms with Crippen molar-refractivity contribution in [3.63, 3.8) is 0 Å². The second-order valence-electron chi connectivity index (χ2n) is 2.32. The van der Waals surface area contributed by atoms with E-state index in [1.54, 1.807) is 0 Å². The summed E-state index contributed by atoms with van der Waals surface area (Å²) >= 11 is 4.23. The summed E-state index contributed by atoms with van der Waals surface area (Å²) in [5.41, 5.74) is 1.21. The minimum absolute atomic E-state index is 0.432. The zero-order chi connectivity index (χ0) is 6.85. The standard InChI is InChI=1S/C7H11NS/c1-5-3-4-6(2)8-7(5)9/h3-4,6,8-9H,1-2H3. The van der Waals surface area contributed by atoms with Crippen LogP contribution >= 0.6 is 12.6 Å². The highest BCUT2D eigenvalue weighted by Crippen LogP contribution is 2.12. The van der Waals surface area contributed by atoms with E-state index in [2.05, 4.69) is 37.0 Å². The molecule has 1 heterocycles. The maximum atomic E-state index is 4.23. The number of thiol groups is 1. The molecule has 0 aromatic heterocycles. The lowest BCUT2D eigenvalue weighted by atomic mass is 10.2. The predicted molar refractivity (Wildman–Crippen MR) is 43.4 cm³/mol. The van der Waals surface area contributed by atoms with E-state index in [1.165, 1.54) is 5.57 Å². The van der Waals surface area contributed by atoms with Gasteiger partial charge in [0, 0.05) is 6.04 Å². The largest absolute Gasteiger partial charge is 0.374 e. The molecule has 0 saturated carbocycles. The molecule has 1 rings (SSSR count). The number of dihydropyridines is 1. The molecule has 0 spiro atoms. The van der Waals surface area contributed by atoms with Gasteiger partial charge in [-0.2, -0.15) is 0 Å². The first-order chi connectivity index (χ1) is 4.20. The van der Waals surface area contributed by atoms with Gasteiger partial charge in [0.05, 0.1) is 5.03 Å². The van der Waals surface area contributed by atoms with Crippen molar-refractivity contribution in [2.75, 3.05) is 0 Å². The van der Waals surface area contributed by atoms with Crippen LogP contribution in [0.3, 0.4) is 0 Å². The maximum absolute atomic E-state index is 4.23. The van der Waals surface area contributed by atoms with Crippen LogP contribution < -0.4 is 5.32 Å². The van der Waals surface area contributed by atoms with E-state index in [0.29, 0.717) is 6.04 Å². The molecule has 50 valence electrons. The number of rotatable bonds is 0. The Morgan fingerprint density at radius 3 is 2.78 bits per heavy atom. The fourth-order valence-electron chi connectivity index (χ4n) is 0.745. The van der Waals surface area contributed by atoms with Crippen LogP contribution in [0.2, 0.25) is 0 Å². The smallest absolute Gasteiger partial charge is 0.0684 e. The molecule has 1 aliphatic heterocycles. The summed E-state index contributed by atoms with van der Waals surface area (Å²) in [7, 11) is 0. The summed E-state index contributed by atoms with van der Waals surface area (Å²) in [4.78, 5) is 0. The molecule has 1 unspecified atom stereocenters. The molecular formula is C7H11NS. The van der Waals surface area contributed by atoms with Crippen molar-refractivity contribution in [1.29, 1.82) is 0 Å². The van der Waals surface area contributed by atoms with Gasteiger partial charge in [-0.25, -0.2) is 0 Å². The fraction of sp³-hybridized carbons (Fsp3) is 0.429. The summed E-state index contributed by atoms with van der Waals surface area (Å²) in [6, 6.07) is 0.432. The Morgan fingerprint density at radius 2 is 2.33 bits per heavy atom. The monoisotopic (exact) mass is 141 g/mol. The molecule has 0 amide bonds. The van der Waals surface area contributed by atoms with Gasteiger partial charge >= 0.3 is 0 Å². The Labute approximate surface area is 61.2 Å². The zero-order valence-electron chi connectivity index (χ0n) is 5.68. The van der Waals surface area contributed by atoms with Gasteiger partial charge in [-0.3, -0.25) is 0 Å².